The van der Waals surface area contributed by atoms with E-state index in [1.807, 2.05) is 17.0 Å². The maximum absolute atomic E-state index is 12.9. The van der Waals surface area contributed by atoms with Crippen LogP contribution in [0.25, 0.3) is 0 Å². The maximum atomic E-state index is 12.9. The van der Waals surface area contributed by atoms with Crippen LogP contribution in [0.4, 0.5) is 11.5 Å². The third-order valence-corrected chi connectivity index (χ3v) is 5.28. The second kappa shape index (κ2) is 8.14. The summed E-state index contributed by atoms with van der Waals surface area (Å²) in [5.41, 5.74) is 1.05. The van der Waals surface area contributed by atoms with Gasteiger partial charge in [0, 0.05) is 19.1 Å². The van der Waals surface area contributed by atoms with E-state index >= 15 is 0 Å². The molecule has 4 rings (SSSR count). The number of nitrogens with one attached hydrogen (secondary N) is 2. The van der Waals surface area contributed by atoms with Gasteiger partial charge in [0.05, 0.1) is 17.2 Å². The summed E-state index contributed by atoms with van der Waals surface area (Å²) in [4.78, 5) is 27.4. The summed E-state index contributed by atoms with van der Waals surface area (Å²) in [5.74, 6) is 0.301. The number of nitrogens with zero attached hydrogens (tertiary/aromatic N) is 3. The van der Waals surface area contributed by atoms with Crippen molar-refractivity contribution in [3.05, 3.63) is 47.1 Å². The minimum atomic E-state index is -0.189. The molecule has 2 N–H and O–H groups in total. The molecule has 0 spiro atoms. The van der Waals surface area contributed by atoms with Crippen LogP contribution in [0.5, 0.6) is 0 Å². The van der Waals surface area contributed by atoms with Crippen molar-refractivity contribution < 1.29 is 9.59 Å². The number of para-hydroxylation sites is 1. The summed E-state index contributed by atoms with van der Waals surface area (Å²) < 4.78 is 0. The lowest BCUT2D eigenvalue weighted by molar-refractivity contribution is -0.120. The molecule has 2 amide bonds. The lowest BCUT2D eigenvalue weighted by Crippen LogP contribution is -2.41. The first-order valence-corrected chi connectivity index (χ1v) is 9.93. The third-order valence-electron chi connectivity index (χ3n) is 5.08. The van der Waals surface area contributed by atoms with E-state index in [1.165, 1.54) is 0 Å². The minimum absolute atomic E-state index is 0.0849. The molecule has 8 heteroatoms. The molecule has 1 saturated heterocycles. The van der Waals surface area contributed by atoms with Gasteiger partial charge in [-0.3, -0.25) is 9.59 Å². The summed E-state index contributed by atoms with van der Waals surface area (Å²) in [7, 11) is 0. The Morgan fingerprint density at radius 3 is 2.64 bits per heavy atom. The monoisotopic (exact) mass is 399 g/mol. The third kappa shape index (κ3) is 4.42. The molecular weight excluding hydrogens is 378 g/mol. The van der Waals surface area contributed by atoms with Crippen LogP contribution in [0.2, 0.25) is 5.15 Å². The molecule has 0 unspecified atom stereocenters. The molecule has 0 radical (unpaired) electrons. The molecule has 0 bridgehead atoms. The Hall–Kier alpha value is -2.67. The molecule has 2 aliphatic rings. The zero-order valence-corrected chi connectivity index (χ0v) is 16.2. The summed E-state index contributed by atoms with van der Waals surface area (Å²) in [6.45, 7) is 1.37. The highest BCUT2D eigenvalue weighted by atomic mass is 35.5. The van der Waals surface area contributed by atoms with E-state index in [2.05, 4.69) is 20.8 Å². The van der Waals surface area contributed by atoms with Crippen LogP contribution in [0.3, 0.4) is 0 Å². The van der Waals surface area contributed by atoms with Crippen LogP contribution in [-0.4, -0.2) is 41.1 Å². The largest absolute Gasteiger partial charge is 0.354 e. The number of anilines is 2. The van der Waals surface area contributed by atoms with Crippen LogP contribution >= 0.6 is 11.6 Å². The Morgan fingerprint density at radius 1 is 1.07 bits per heavy atom. The minimum Gasteiger partial charge on any atom is -0.354 e. The predicted molar refractivity (Wildman–Crippen MR) is 108 cm³/mol. The number of carbonyl (C=O) groups excluding carboxylic acids is 2. The fourth-order valence-electron chi connectivity index (χ4n) is 3.39. The van der Waals surface area contributed by atoms with Crippen molar-refractivity contribution >= 4 is 34.9 Å². The highest BCUT2D eigenvalue weighted by molar-refractivity contribution is 6.29. The molecule has 2 aromatic rings. The van der Waals surface area contributed by atoms with Crippen LogP contribution in [0, 0.1) is 5.92 Å². The zero-order chi connectivity index (χ0) is 19.5. The Balaban J connectivity index is 1.43. The molecular formula is C20H22ClN5O2. The Kier molecular flexibility index (Phi) is 5.43. The molecule has 146 valence electrons. The van der Waals surface area contributed by atoms with E-state index in [-0.39, 0.29) is 23.8 Å². The zero-order valence-electron chi connectivity index (χ0n) is 15.4. The van der Waals surface area contributed by atoms with Gasteiger partial charge in [-0.05, 0) is 49.9 Å². The van der Waals surface area contributed by atoms with Gasteiger partial charge >= 0.3 is 0 Å². The van der Waals surface area contributed by atoms with Gasteiger partial charge in [-0.15, -0.1) is 10.2 Å². The van der Waals surface area contributed by atoms with Crippen LogP contribution in [-0.2, 0) is 4.79 Å². The molecule has 1 aromatic heterocycles. The van der Waals surface area contributed by atoms with Crippen molar-refractivity contribution in [2.24, 2.45) is 5.92 Å². The van der Waals surface area contributed by atoms with E-state index in [1.54, 1.807) is 24.3 Å². The van der Waals surface area contributed by atoms with Gasteiger partial charge < -0.3 is 15.5 Å². The highest BCUT2D eigenvalue weighted by Crippen LogP contribution is 2.25. The van der Waals surface area contributed by atoms with E-state index < -0.39 is 0 Å². The second-order valence-corrected chi connectivity index (χ2v) is 7.67. The molecule has 2 heterocycles. The van der Waals surface area contributed by atoms with Gasteiger partial charge in [0.2, 0.25) is 5.91 Å². The van der Waals surface area contributed by atoms with Crippen molar-refractivity contribution in [1.29, 1.82) is 0 Å². The van der Waals surface area contributed by atoms with Gasteiger partial charge in [-0.2, -0.15) is 0 Å². The summed E-state index contributed by atoms with van der Waals surface area (Å²) >= 11 is 5.81. The summed E-state index contributed by atoms with van der Waals surface area (Å²) in [6.07, 6.45) is 3.71. The van der Waals surface area contributed by atoms with Crippen LogP contribution < -0.4 is 15.5 Å². The first-order valence-electron chi connectivity index (χ1n) is 9.55. The molecule has 1 aliphatic heterocycles. The van der Waals surface area contributed by atoms with E-state index in [0.29, 0.717) is 28.8 Å². The molecule has 1 aliphatic carbocycles. The second-order valence-electron chi connectivity index (χ2n) is 7.28. The average molecular weight is 400 g/mol. The smallest absolute Gasteiger partial charge is 0.253 e. The van der Waals surface area contributed by atoms with Gasteiger partial charge in [0.25, 0.3) is 5.91 Å². The van der Waals surface area contributed by atoms with Crippen molar-refractivity contribution in [3.63, 3.8) is 0 Å². The Labute approximate surface area is 168 Å². The van der Waals surface area contributed by atoms with Crippen molar-refractivity contribution in [2.75, 3.05) is 23.3 Å². The fourth-order valence-corrected chi connectivity index (χ4v) is 3.49. The number of rotatable bonds is 5. The summed E-state index contributed by atoms with van der Waals surface area (Å²) in [5, 5.41) is 14.3. The standard InChI is InChI=1S/C20H22ClN5O2/c21-17-9-10-18(25-24-17)26-11-3-4-13(12-26)19(27)23-16-6-2-1-5-15(16)20(28)22-14-7-8-14/h1-2,5-6,9-10,13-14H,3-4,7-8,11-12H2,(H,22,28)(H,23,27)/t13-/m1/s1. The predicted octanol–water partition coefficient (Wildman–Crippen LogP) is 2.88. The molecule has 1 saturated carbocycles. The number of benzene rings is 1. The first-order chi connectivity index (χ1) is 13.6. The van der Waals surface area contributed by atoms with Crippen molar-refractivity contribution in [2.45, 2.75) is 31.7 Å². The highest BCUT2D eigenvalue weighted by Gasteiger charge is 2.28. The molecule has 28 heavy (non-hydrogen) atoms. The van der Waals surface area contributed by atoms with Crippen LogP contribution in [0.1, 0.15) is 36.0 Å². The fraction of sp³-hybridized carbons (Fsp3) is 0.400. The molecule has 2 fully saturated rings. The lowest BCUT2D eigenvalue weighted by atomic mass is 9.96. The number of carbonyl (C=O) groups is 2. The Bertz CT molecular complexity index is 869. The Morgan fingerprint density at radius 2 is 1.89 bits per heavy atom. The number of piperidine rings is 1. The van der Waals surface area contributed by atoms with Gasteiger partial charge in [-0.1, -0.05) is 23.7 Å². The van der Waals surface area contributed by atoms with Crippen molar-refractivity contribution in [1.82, 2.24) is 15.5 Å². The number of amides is 2. The van der Waals surface area contributed by atoms with Crippen LogP contribution in [0.15, 0.2) is 36.4 Å². The lowest BCUT2D eigenvalue weighted by Gasteiger charge is -2.32. The van der Waals surface area contributed by atoms with Gasteiger partial charge in [0.15, 0.2) is 11.0 Å². The topological polar surface area (TPSA) is 87.2 Å². The number of hydrogen-bond acceptors (Lipinski definition) is 5. The molecule has 7 nitrogen and oxygen atoms in total. The number of aromatic nitrogens is 2. The van der Waals surface area contributed by atoms with E-state index in [0.717, 1.165) is 32.2 Å². The van der Waals surface area contributed by atoms with E-state index in [9.17, 15) is 9.59 Å². The quantitative estimate of drug-likeness (QED) is 0.807. The SMILES string of the molecule is O=C(NC1CC1)c1ccccc1NC(=O)[C@@H]1CCCN(c2ccc(Cl)nn2)C1. The number of halogens is 1. The van der Waals surface area contributed by atoms with Gasteiger partial charge in [-0.25, -0.2) is 0 Å². The molecule has 1 aromatic carbocycles. The normalized spacial score (nSPS) is 19.2. The first kappa shape index (κ1) is 18.7. The van der Waals surface area contributed by atoms with Gasteiger partial charge in [0.1, 0.15) is 0 Å². The van der Waals surface area contributed by atoms with E-state index in [4.69, 9.17) is 11.6 Å². The maximum Gasteiger partial charge on any atom is 0.253 e. The number of hydrogen-bond donors (Lipinski definition) is 2. The average Bonchev–Trinajstić information content (AvgIpc) is 3.53. The summed E-state index contributed by atoms with van der Waals surface area (Å²) in [6, 6.07) is 10.9. The molecule has 1 atom stereocenters. The van der Waals surface area contributed by atoms with Crippen molar-refractivity contribution in [3.8, 4) is 0 Å².